The summed E-state index contributed by atoms with van der Waals surface area (Å²) in [6, 6.07) is 1.70. The standard InChI is InChI=1S/C8H10N2O/c1-2-3-6-4-5-10-8(9)7(6)11/h2-5,11H,1H3,(H2,9,10)/b3-2+. The van der Waals surface area contributed by atoms with Crippen LogP contribution in [0.5, 0.6) is 5.75 Å². The Morgan fingerprint density at radius 3 is 3.00 bits per heavy atom. The molecule has 0 saturated carbocycles. The lowest BCUT2D eigenvalue weighted by atomic mass is 10.2. The van der Waals surface area contributed by atoms with Crippen LogP contribution in [0.15, 0.2) is 18.3 Å². The van der Waals surface area contributed by atoms with E-state index in [0.29, 0.717) is 5.56 Å². The van der Waals surface area contributed by atoms with Crippen molar-refractivity contribution in [3.05, 3.63) is 23.9 Å². The zero-order chi connectivity index (χ0) is 8.27. The van der Waals surface area contributed by atoms with Crippen LogP contribution in [0.25, 0.3) is 6.08 Å². The third kappa shape index (κ3) is 1.49. The second-order valence-corrected chi connectivity index (χ2v) is 2.13. The Labute approximate surface area is 65.2 Å². The molecule has 0 radical (unpaired) electrons. The molecule has 1 aromatic rings. The van der Waals surface area contributed by atoms with Gasteiger partial charge in [0.05, 0.1) is 0 Å². The van der Waals surface area contributed by atoms with Gasteiger partial charge in [-0.15, -0.1) is 0 Å². The third-order valence-electron chi connectivity index (χ3n) is 1.33. The lowest BCUT2D eigenvalue weighted by molar-refractivity contribution is 0.474. The van der Waals surface area contributed by atoms with Crippen LogP contribution >= 0.6 is 0 Å². The molecule has 0 saturated heterocycles. The molecule has 1 rings (SSSR count). The minimum atomic E-state index is 0.0469. The van der Waals surface area contributed by atoms with E-state index in [1.54, 1.807) is 18.3 Å². The van der Waals surface area contributed by atoms with Crippen LogP contribution in [0, 0.1) is 0 Å². The molecule has 0 aromatic carbocycles. The molecule has 0 spiro atoms. The van der Waals surface area contributed by atoms with Gasteiger partial charge in [0.15, 0.2) is 11.6 Å². The number of nitrogens with two attached hydrogens (primary N) is 1. The van der Waals surface area contributed by atoms with Gasteiger partial charge in [0, 0.05) is 11.8 Å². The van der Waals surface area contributed by atoms with Gasteiger partial charge in [0.25, 0.3) is 0 Å². The first-order valence-corrected chi connectivity index (χ1v) is 3.32. The molecule has 0 amide bonds. The van der Waals surface area contributed by atoms with Gasteiger partial charge in [-0.2, -0.15) is 0 Å². The molecule has 3 nitrogen and oxygen atoms in total. The summed E-state index contributed by atoms with van der Waals surface area (Å²) in [4.78, 5) is 3.72. The monoisotopic (exact) mass is 150 g/mol. The fourth-order valence-electron chi connectivity index (χ4n) is 0.800. The van der Waals surface area contributed by atoms with Crippen molar-refractivity contribution in [3.63, 3.8) is 0 Å². The van der Waals surface area contributed by atoms with Crippen LogP contribution in [-0.2, 0) is 0 Å². The van der Waals surface area contributed by atoms with Crippen LogP contribution in [-0.4, -0.2) is 10.1 Å². The predicted octanol–water partition coefficient (Wildman–Crippen LogP) is 1.40. The highest BCUT2D eigenvalue weighted by atomic mass is 16.3. The Bertz CT molecular complexity index is 281. The zero-order valence-corrected chi connectivity index (χ0v) is 6.28. The third-order valence-corrected chi connectivity index (χ3v) is 1.33. The number of allylic oxidation sites excluding steroid dienone is 1. The van der Waals surface area contributed by atoms with Gasteiger partial charge >= 0.3 is 0 Å². The summed E-state index contributed by atoms with van der Waals surface area (Å²) in [5.74, 6) is 0.214. The first kappa shape index (κ1) is 7.60. The van der Waals surface area contributed by atoms with Crippen LogP contribution < -0.4 is 5.73 Å². The first-order valence-electron chi connectivity index (χ1n) is 3.32. The minimum Gasteiger partial charge on any atom is -0.504 e. The number of anilines is 1. The van der Waals surface area contributed by atoms with Crippen molar-refractivity contribution in [3.8, 4) is 5.75 Å². The quantitative estimate of drug-likeness (QED) is 0.636. The Hall–Kier alpha value is -1.51. The normalized spacial score (nSPS) is 10.6. The summed E-state index contributed by atoms with van der Waals surface area (Å²) >= 11 is 0. The van der Waals surface area contributed by atoms with Crippen molar-refractivity contribution in [2.24, 2.45) is 0 Å². The van der Waals surface area contributed by atoms with E-state index in [2.05, 4.69) is 4.98 Å². The van der Waals surface area contributed by atoms with Gasteiger partial charge in [-0.25, -0.2) is 4.98 Å². The number of hydrogen-bond donors (Lipinski definition) is 2. The van der Waals surface area contributed by atoms with E-state index in [1.165, 1.54) is 0 Å². The molecular weight excluding hydrogens is 140 g/mol. The second-order valence-electron chi connectivity index (χ2n) is 2.13. The smallest absolute Gasteiger partial charge is 0.166 e. The van der Waals surface area contributed by atoms with E-state index in [9.17, 15) is 5.11 Å². The highest BCUT2D eigenvalue weighted by molar-refractivity contribution is 5.63. The lowest BCUT2D eigenvalue weighted by Crippen LogP contribution is -1.90. The summed E-state index contributed by atoms with van der Waals surface area (Å²) < 4.78 is 0. The van der Waals surface area contributed by atoms with Crippen molar-refractivity contribution in [2.75, 3.05) is 5.73 Å². The maximum Gasteiger partial charge on any atom is 0.166 e. The maximum atomic E-state index is 9.29. The molecule has 0 unspecified atom stereocenters. The van der Waals surface area contributed by atoms with E-state index in [4.69, 9.17) is 5.73 Å². The summed E-state index contributed by atoms with van der Waals surface area (Å²) in [5.41, 5.74) is 6.05. The summed E-state index contributed by atoms with van der Waals surface area (Å²) in [6.45, 7) is 1.87. The zero-order valence-electron chi connectivity index (χ0n) is 6.28. The SMILES string of the molecule is C/C=C/c1ccnc(N)c1O. The van der Waals surface area contributed by atoms with E-state index >= 15 is 0 Å². The molecular formula is C8H10N2O. The van der Waals surface area contributed by atoms with E-state index in [-0.39, 0.29) is 11.6 Å². The Balaban J connectivity index is 3.16. The first-order chi connectivity index (χ1) is 5.25. The largest absolute Gasteiger partial charge is 0.504 e. The van der Waals surface area contributed by atoms with Crippen molar-refractivity contribution in [1.82, 2.24) is 4.98 Å². The van der Waals surface area contributed by atoms with Crippen molar-refractivity contribution in [2.45, 2.75) is 6.92 Å². The molecule has 0 fully saturated rings. The fourth-order valence-corrected chi connectivity index (χ4v) is 0.800. The highest BCUT2D eigenvalue weighted by Gasteiger charge is 2.00. The van der Waals surface area contributed by atoms with Gasteiger partial charge in [0.2, 0.25) is 0 Å². The van der Waals surface area contributed by atoms with Crippen LogP contribution in [0.3, 0.4) is 0 Å². The average molecular weight is 150 g/mol. The number of hydrogen-bond acceptors (Lipinski definition) is 3. The number of nitrogens with zero attached hydrogens (tertiary/aromatic N) is 1. The van der Waals surface area contributed by atoms with Crippen molar-refractivity contribution < 1.29 is 5.11 Å². The molecule has 0 aliphatic rings. The number of rotatable bonds is 1. The lowest BCUT2D eigenvalue weighted by Gasteiger charge is -1.99. The van der Waals surface area contributed by atoms with Gasteiger partial charge in [-0.05, 0) is 13.0 Å². The highest BCUT2D eigenvalue weighted by Crippen LogP contribution is 2.22. The number of aromatic nitrogens is 1. The Morgan fingerprint density at radius 2 is 2.36 bits per heavy atom. The molecule has 1 heterocycles. The molecule has 3 N–H and O–H groups in total. The van der Waals surface area contributed by atoms with Crippen LogP contribution in [0.2, 0.25) is 0 Å². The van der Waals surface area contributed by atoms with Gasteiger partial charge in [-0.3, -0.25) is 0 Å². The molecule has 1 aromatic heterocycles. The summed E-state index contributed by atoms with van der Waals surface area (Å²) in [7, 11) is 0. The maximum absolute atomic E-state index is 9.29. The molecule has 11 heavy (non-hydrogen) atoms. The van der Waals surface area contributed by atoms with Crippen molar-refractivity contribution >= 4 is 11.9 Å². The second kappa shape index (κ2) is 3.05. The molecule has 0 aliphatic carbocycles. The Kier molecular flexibility index (Phi) is 2.11. The van der Waals surface area contributed by atoms with Crippen LogP contribution in [0.4, 0.5) is 5.82 Å². The van der Waals surface area contributed by atoms with E-state index in [1.807, 2.05) is 13.0 Å². The van der Waals surface area contributed by atoms with Gasteiger partial charge in [-0.1, -0.05) is 12.2 Å². The minimum absolute atomic E-state index is 0.0469. The molecule has 0 bridgehead atoms. The summed E-state index contributed by atoms with van der Waals surface area (Å²) in [6.07, 6.45) is 5.16. The van der Waals surface area contributed by atoms with Gasteiger partial charge in [0.1, 0.15) is 0 Å². The van der Waals surface area contributed by atoms with Gasteiger partial charge < -0.3 is 10.8 Å². The number of nitrogen functional groups attached to an aromatic ring is 1. The number of pyridine rings is 1. The van der Waals surface area contributed by atoms with Crippen molar-refractivity contribution in [1.29, 1.82) is 0 Å². The molecule has 0 atom stereocenters. The summed E-state index contributed by atoms with van der Waals surface area (Å²) in [5, 5.41) is 9.29. The topological polar surface area (TPSA) is 59.1 Å². The molecule has 3 heteroatoms. The molecule has 0 aliphatic heterocycles. The van der Waals surface area contributed by atoms with E-state index < -0.39 is 0 Å². The number of aromatic hydroxyl groups is 1. The average Bonchev–Trinajstić information content (AvgIpc) is 1.99. The fraction of sp³-hybridized carbons (Fsp3) is 0.125. The predicted molar refractivity (Wildman–Crippen MR) is 45.0 cm³/mol. The Morgan fingerprint density at radius 1 is 1.64 bits per heavy atom. The van der Waals surface area contributed by atoms with Crippen LogP contribution in [0.1, 0.15) is 12.5 Å². The van der Waals surface area contributed by atoms with E-state index in [0.717, 1.165) is 0 Å². The molecule has 58 valence electrons.